The van der Waals surface area contributed by atoms with E-state index in [9.17, 15) is 9.59 Å². The summed E-state index contributed by atoms with van der Waals surface area (Å²) in [6.07, 6.45) is 3.59. The van der Waals surface area contributed by atoms with Crippen LogP contribution in [0.1, 0.15) is 30.0 Å². The first-order chi connectivity index (χ1) is 18.4. The maximum Gasteiger partial charge on any atom is 0.327 e. The Labute approximate surface area is 224 Å². The summed E-state index contributed by atoms with van der Waals surface area (Å²) in [4.78, 5) is 35.0. The highest BCUT2D eigenvalue weighted by atomic mass is 32.2. The van der Waals surface area contributed by atoms with Crippen molar-refractivity contribution < 1.29 is 18.7 Å². The molecule has 1 aromatic heterocycles. The number of ether oxygens (including phenoxy) is 1. The van der Waals surface area contributed by atoms with Crippen molar-refractivity contribution in [1.29, 1.82) is 0 Å². The van der Waals surface area contributed by atoms with Crippen molar-refractivity contribution in [2.45, 2.75) is 42.1 Å². The fraction of sp³-hybridized carbons (Fsp3) is 0.321. The molecule has 0 saturated carbocycles. The van der Waals surface area contributed by atoms with E-state index in [0.29, 0.717) is 27.7 Å². The van der Waals surface area contributed by atoms with Gasteiger partial charge in [-0.3, -0.25) is 9.69 Å². The smallest absolute Gasteiger partial charge is 0.327 e. The normalized spacial score (nSPS) is 22.6. The van der Waals surface area contributed by atoms with E-state index in [4.69, 9.17) is 4.74 Å². The molecule has 8 nitrogen and oxygen atoms in total. The van der Waals surface area contributed by atoms with E-state index >= 15 is 4.39 Å². The number of aryl methyl sites for hydroxylation is 1. The molecular weight excluding hydrogens is 505 g/mol. The summed E-state index contributed by atoms with van der Waals surface area (Å²) in [6, 6.07) is 12.8. The number of hydrogen-bond acceptors (Lipinski definition) is 6. The van der Waals surface area contributed by atoms with E-state index in [2.05, 4.69) is 27.6 Å². The Morgan fingerprint density at radius 2 is 2.03 bits per heavy atom. The largest absolute Gasteiger partial charge is 0.454 e. The standard InChI is InChI=1S/C28H28FN5O3S/c1-16-13-22(37-18-8-4-3-5-9-18)19(29)14-21(16)34-20-10-11-30-27-23(20)24(32-28(34)36)25(38-27)26(35)31-17-7-6-12-33(2)15-17/h3-5,8-11,13-14,17,24-25H,6-7,12,15H2,1-2H3,(H,31,35)(H,32,36)/t17?,24?,25-/m1/s1. The number of thioether (sulfide) groups is 1. The van der Waals surface area contributed by atoms with Crippen molar-refractivity contribution in [3.8, 4) is 11.5 Å². The quantitative estimate of drug-likeness (QED) is 0.485. The summed E-state index contributed by atoms with van der Waals surface area (Å²) < 4.78 is 20.9. The number of aromatic nitrogens is 1. The lowest BCUT2D eigenvalue weighted by molar-refractivity contribution is -0.122. The molecule has 196 valence electrons. The van der Waals surface area contributed by atoms with Crippen LogP contribution in [0, 0.1) is 12.7 Å². The average molecular weight is 534 g/mol. The molecule has 1 fully saturated rings. The van der Waals surface area contributed by atoms with E-state index in [1.165, 1.54) is 22.7 Å². The van der Waals surface area contributed by atoms with Crippen LogP contribution >= 0.6 is 11.8 Å². The number of pyridine rings is 1. The monoisotopic (exact) mass is 533 g/mol. The summed E-state index contributed by atoms with van der Waals surface area (Å²) in [5, 5.41) is 6.34. The number of nitrogens with zero attached hydrogens (tertiary/aromatic N) is 3. The molecule has 4 heterocycles. The van der Waals surface area contributed by atoms with Gasteiger partial charge in [0, 0.05) is 30.4 Å². The number of likely N-dealkylation sites (N-methyl/N-ethyl adjacent to an activating group) is 1. The molecule has 3 atom stereocenters. The zero-order valence-electron chi connectivity index (χ0n) is 21.1. The molecule has 3 aromatic rings. The number of carbonyl (C=O) groups is 2. The lowest BCUT2D eigenvalue weighted by atomic mass is 9.98. The summed E-state index contributed by atoms with van der Waals surface area (Å²) in [6.45, 7) is 3.63. The Hall–Kier alpha value is -3.63. The molecule has 0 aliphatic carbocycles. The Kier molecular flexibility index (Phi) is 6.45. The number of carbonyl (C=O) groups excluding carboxylic acids is 2. The van der Waals surface area contributed by atoms with Gasteiger partial charge >= 0.3 is 6.03 Å². The fourth-order valence-corrected chi connectivity index (χ4v) is 6.65. The molecule has 0 spiro atoms. The zero-order chi connectivity index (χ0) is 26.4. The van der Waals surface area contributed by atoms with Crippen LogP contribution in [0.25, 0.3) is 0 Å². The highest BCUT2D eigenvalue weighted by Gasteiger charge is 2.47. The molecule has 2 unspecified atom stereocenters. The van der Waals surface area contributed by atoms with Crippen molar-refractivity contribution in [1.82, 2.24) is 20.5 Å². The van der Waals surface area contributed by atoms with E-state index in [1.54, 1.807) is 37.4 Å². The second kappa shape index (κ2) is 9.92. The summed E-state index contributed by atoms with van der Waals surface area (Å²) in [7, 11) is 2.05. The van der Waals surface area contributed by atoms with Gasteiger partial charge in [0.15, 0.2) is 11.6 Å². The van der Waals surface area contributed by atoms with Crippen LogP contribution in [0.3, 0.4) is 0 Å². The van der Waals surface area contributed by atoms with Crippen LogP contribution in [0.5, 0.6) is 11.5 Å². The summed E-state index contributed by atoms with van der Waals surface area (Å²) in [5.41, 5.74) is 2.44. The third-order valence-corrected chi connectivity index (χ3v) is 8.49. The Balaban J connectivity index is 1.29. The molecule has 3 amide bonds. The van der Waals surface area contributed by atoms with Gasteiger partial charge in [-0.25, -0.2) is 14.2 Å². The maximum atomic E-state index is 15.2. The molecule has 38 heavy (non-hydrogen) atoms. The minimum absolute atomic E-state index is 0.0772. The zero-order valence-corrected chi connectivity index (χ0v) is 21.9. The van der Waals surface area contributed by atoms with E-state index in [-0.39, 0.29) is 17.7 Å². The molecule has 1 saturated heterocycles. The maximum absolute atomic E-state index is 15.2. The Morgan fingerprint density at radius 1 is 1.21 bits per heavy atom. The number of rotatable bonds is 5. The third-order valence-electron chi connectivity index (χ3n) is 7.20. The molecule has 6 rings (SSSR count). The first kappa shape index (κ1) is 24.7. The van der Waals surface area contributed by atoms with Gasteiger partial charge in [-0.2, -0.15) is 0 Å². The topological polar surface area (TPSA) is 86.8 Å². The van der Waals surface area contributed by atoms with Crippen LogP contribution in [-0.4, -0.2) is 53.3 Å². The first-order valence-electron chi connectivity index (χ1n) is 12.7. The van der Waals surface area contributed by atoms with Crippen molar-refractivity contribution >= 4 is 35.1 Å². The van der Waals surface area contributed by atoms with Gasteiger partial charge in [0.05, 0.1) is 17.4 Å². The van der Waals surface area contributed by atoms with Crippen LogP contribution in [0.4, 0.5) is 20.6 Å². The number of benzene rings is 2. The SMILES string of the molecule is Cc1cc(Oc2ccccc2)c(F)cc1N1C(=O)NC2c3c1ccnc3S[C@H]2C(=O)NC1CCCN(C)C1. The number of nitrogens with one attached hydrogen (secondary N) is 2. The number of amides is 3. The average Bonchev–Trinajstić information content (AvgIpc) is 3.27. The molecule has 0 radical (unpaired) electrons. The summed E-state index contributed by atoms with van der Waals surface area (Å²) >= 11 is 1.36. The predicted octanol–water partition coefficient (Wildman–Crippen LogP) is 4.91. The molecule has 10 heteroatoms. The molecule has 3 aliphatic heterocycles. The van der Waals surface area contributed by atoms with Gasteiger partial charge in [0.25, 0.3) is 0 Å². The number of likely N-dealkylation sites (tertiary alicyclic amines) is 1. The number of halogens is 1. The molecule has 3 aliphatic rings. The lowest BCUT2D eigenvalue weighted by Gasteiger charge is -2.35. The number of piperidine rings is 1. The molecule has 2 aromatic carbocycles. The Morgan fingerprint density at radius 3 is 2.82 bits per heavy atom. The van der Waals surface area contributed by atoms with Gasteiger partial charge in [-0.15, -0.1) is 0 Å². The van der Waals surface area contributed by atoms with E-state index < -0.39 is 23.1 Å². The highest BCUT2D eigenvalue weighted by Crippen LogP contribution is 2.51. The van der Waals surface area contributed by atoms with Crippen LogP contribution in [-0.2, 0) is 4.79 Å². The fourth-order valence-electron chi connectivity index (χ4n) is 5.41. The van der Waals surface area contributed by atoms with Gasteiger partial charge < -0.3 is 20.3 Å². The van der Waals surface area contributed by atoms with E-state index in [0.717, 1.165) is 31.5 Å². The number of anilines is 2. The predicted molar refractivity (Wildman–Crippen MR) is 144 cm³/mol. The second-order valence-corrected chi connectivity index (χ2v) is 11.1. The lowest BCUT2D eigenvalue weighted by Crippen LogP contribution is -2.52. The molecular formula is C28H28FN5O3S. The van der Waals surface area contributed by atoms with Gasteiger partial charge in [0.1, 0.15) is 16.0 Å². The van der Waals surface area contributed by atoms with Crippen molar-refractivity contribution in [2.75, 3.05) is 25.0 Å². The van der Waals surface area contributed by atoms with E-state index in [1.807, 2.05) is 18.2 Å². The third kappa shape index (κ3) is 4.48. The van der Waals surface area contributed by atoms with Gasteiger partial charge in [-0.1, -0.05) is 30.0 Å². The first-order valence-corrected chi connectivity index (χ1v) is 13.5. The van der Waals surface area contributed by atoms with Crippen molar-refractivity contribution in [3.05, 3.63) is 71.7 Å². The van der Waals surface area contributed by atoms with Crippen molar-refractivity contribution in [2.24, 2.45) is 0 Å². The van der Waals surface area contributed by atoms with Gasteiger partial charge in [-0.05, 0) is 63.2 Å². The minimum atomic E-state index is -0.584. The van der Waals surface area contributed by atoms with Crippen LogP contribution in [0.2, 0.25) is 0 Å². The summed E-state index contributed by atoms with van der Waals surface area (Å²) in [5.74, 6) is -0.0968. The number of urea groups is 1. The second-order valence-electron chi connectivity index (χ2n) is 9.94. The number of para-hydroxylation sites is 1. The Bertz CT molecular complexity index is 1400. The van der Waals surface area contributed by atoms with Crippen LogP contribution < -0.4 is 20.3 Å². The highest BCUT2D eigenvalue weighted by molar-refractivity contribution is 8.01. The van der Waals surface area contributed by atoms with Gasteiger partial charge in [0.2, 0.25) is 5.91 Å². The minimum Gasteiger partial charge on any atom is -0.454 e. The molecule has 0 bridgehead atoms. The molecule has 2 N–H and O–H groups in total. The number of hydrogen-bond donors (Lipinski definition) is 2. The van der Waals surface area contributed by atoms with Crippen LogP contribution in [0.15, 0.2) is 59.8 Å². The van der Waals surface area contributed by atoms with Crippen molar-refractivity contribution in [3.63, 3.8) is 0 Å².